The summed E-state index contributed by atoms with van der Waals surface area (Å²) in [6, 6.07) is 22.6. The van der Waals surface area contributed by atoms with Gasteiger partial charge in [-0.3, -0.25) is 9.97 Å². The van der Waals surface area contributed by atoms with Crippen LogP contribution in [0.25, 0.3) is 11.4 Å². The molecule has 0 bridgehead atoms. The molecule has 0 radical (unpaired) electrons. The van der Waals surface area contributed by atoms with E-state index in [1.54, 1.807) is 24.5 Å². The van der Waals surface area contributed by atoms with Gasteiger partial charge in [0, 0.05) is 32.8 Å². The summed E-state index contributed by atoms with van der Waals surface area (Å²) in [6.07, 6.45) is 3.54. The molecule has 13 heteroatoms. The summed E-state index contributed by atoms with van der Waals surface area (Å²) in [5.74, 6) is 0. The van der Waals surface area contributed by atoms with Crippen LogP contribution in [0.1, 0.15) is 30.5 Å². The molecule has 0 saturated carbocycles. The van der Waals surface area contributed by atoms with E-state index in [1.165, 1.54) is 30.5 Å². The maximum Gasteiger partial charge on any atom is 2.00 e. The van der Waals surface area contributed by atoms with Crippen molar-refractivity contribution in [2.75, 3.05) is 14.1 Å². The summed E-state index contributed by atoms with van der Waals surface area (Å²) < 4.78 is 59.2. The van der Waals surface area contributed by atoms with Crippen LogP contribution in [0.5, 0.6) is 0 Å². The van der Waals surface area contributed by atoms with Gasteiger partial charge in [0.05, 0.1) is 23.5 Å². The minimum absolute atomic E-state index is 0. The summed E-state index contributed by atoms with van der Waals surface area (Å²) in [5.41, 5.74) is 5.77. The van der Waals surface area contributed by atoms with Gasteiger partial charge in [0.15, 0.2) is 0 Å². The minimum atomic E-state index is -10.7. The standard InChI is InChI=1S/C11H16N.C10H8N2.2C2H3N.F6P.Ru/c1-9-5-6-11(7-10(9)2)8-12(3)4;1-3-7-11-9(5-1)10-6-2-4-8-12-10;2*1-2-3;1-7(2,3,4,5)6;/h5,7H,8H2,1-4H3;1-8H;2*1H3;;/q-1;;;;-1;+2. The molecule has 3 rings (SSSR count). The number of benzene rings is 1. The molecule has 2 aromatic heterocycles. The van der Waals surface area contributed by atoms with E-state index < -0.39 is 7.81 Å². The Morgan fingerprint density at radius 3 is 1.45 bits per heavy atom. The fraction of sp³-hybridized carbons (Fsp3) is 0.280. The second-order valence-electron chi connectivity index (χ2n) is 7.40. The molecule has 0 saturated heterocycles. The predicted octanol–water partition coefficient (Wildman–Crippen LogP) is 8.75. The number of hydrogen-bond donors (Lipinski definition) is 0. The van der Waals surface area contributed by atoms with Crippen molar-refractivity contribution in [1.82, 2.24) is 14.9 Å². The molecule has 0 aliphatic rings. The Hall–Kier alpha value is -2.91. The second-order valence-corrected chi connectivity index (χ2v) is 9.31. The van der Waals surface area contributed by atoms with Crippen LogP contribution in [-0.4, -0.2) is 29.0 Å². The van der Waals surface area contributed by atoms with E-state index in [4.69, 9.17) is 10.5 Å². The number of pyridine rings is 2. The molecule has 3 aromatic rings. The van der Waals surface area contributed by atoms with E-state index in [-0.39, 0.29) is 19.5 Å². The van der Waals surface area contributed by atoms with Crippen LogP contribution in [0.3, 0.4) is 0 Å². The van der Waals surface area contributed by atoms with E-state index in [0.717, 1.165) is 17.9 Å². The van der Waals surface area contributed by atoms with Gasteiger partial charge in [0.2, 0.25) is 0 Å². The van der Waals surface area contributed by atoms with Crippen molar-refractivity contribution in [3.63, 3.8) is 0 Å². The molecule has 0 atom stereocenters. The van der Waals surface area contributed by atoms with E-state index in [9.17, 15) is 25.2 Å². The molecular formula is C25H30F6N5PRu. The largest absolute Gasteiger partial charge is 2.00 e. The Morgan fingerprint density at radius 2 is 1.18 bits per heavy atom. The van der Waals surface area contributed by atoms with Crippen molar-refractivity contribution in [2.45, 2.75) is 34.2 Å². The molecule has 2 heterocycles. The molecule has 0 aliphatic carbocycles. The molecule has 210 valence electrons. The van der Waals surface area contributed by atoms with Crippen molar-refractivity contribution in [3.8, 4) is 23.5 Å². The van der Waals surface area contributed by atoms with E-state index in [2.05, 4.69) is 61.0 Å². The Balaban J connectivity index is -0.000000444. The van der Waals surface area contributed by atoms with Crippen LogP contribution in [-0.2, 0) is 26.0 Å². The van der Waals surface area contributed by atoms with Crippen molar-refractivity contribution in [3.05, 3.63) is 83.7 Å². The zero-order valence-corrected chi connectivity index (χ0v) is 24.4. The monoisotopic (exact) mass is 647 g/mol. The van der Waals surface area contributed by atoms with Crippen LogP contribution in [0.4, 0.5) is 25.2 Å². The molecule has 0 spiro atoms. The number of halogens is 6. The number of hydrogen-bond acceptors (Lipinski definition) is 5. The summed E-state index contributed by atoms with van der Waals surface area (Å²) in [6.45, 7) is 8.09. The third-order valence-electron chi connectivity index (χ3n) is 3.57. The fourth-order valence-electron chi connectivity index (χ4n) is 2.19. The van der Waals surface area contributed by atoms with Crippen molar-refractivity contribution in [2.24, 2.45) is 0 Å². The third kappa shape index (κ3) is 29.3. The van der Waals surface area contributed by atoms with Gasteiger partial charge in [0.1, 0.15) is 0 Å². The third-order valence-corrected chi connectivity index (χ3v) is 3.57. The van der Waals surface area contributed by atoms with Crippen molar-refractivity contribution < 1.29 is 44.7 Å². The SMILES string of the molecule is CC#N.CC#N.Cc1c[c-]c(CN(C)C)cc1C.F[P-](F)(F)(F)(F)F.[Ru+2].c1ccc(-c2ccccn2)nc1. The average Bonchev–Trinajstić information content (AvgIpc) is 2.77. The van der Waals surface area contributed by atoms with Gasteiger partial charge in [-0.05, 0) is 38.4 Å². The predicted molar refractivity (Wildman–Crippen MR) is 136 cm³/mol. The van der Waals surface area contributed by atoms with Gasteiger partial charge < -0.3 is 4.90 Å². The summed E-state index contributed by atoms with van der Waals surface area (Å²) >= 11 is 0. The first kappa shape index (κ1) is 39.6. The van der Waals surface area contributed by atoms with Gasteiger partial charge >= 0.3 is 52.5 Å². The number of nitriles is 2. The molecular weight excluding hydrogens is 616 g/mol. The van der Waals surface area contributed by atoms with Crippen LogP contribution in [0.15, 0.2) is 60.9 Å². The molecule has 0 aliphatic heterocycles. The first-order valence-corrected chi connectivity index (χ1v) is 12.5. The number of rotatable bonds is 3. The molecule has 5 nitrogen and oxygen atoms in total. The number of nitrogens with zero attached hydrogens (tertiary/aromatic N) is 5. The Morgan fingerprint density at radius 1 is 0.816 bits per heavy atom. The zero-order valence-electron chi connectivity index (χ0n) is 21.8. The first-order valence-electron chi connectivity index (χ1n) is 10.5. The summed E-state index contributed by atoms with van der Waals surface area (Å²) in [5, 5.41) is 14.6. The van der Waals surface area contributed by atoms with Crippen LogP contribution in [0.2, 0.25) is 0 Å². The quantitative estimate of drug-likeness (QED) is 0.123. The normalized spacial score (nSPS) is 11.1. The van der Waals surface area contributed by atoms with E-state index >= 15 is 0 Å². The smallest absolute Gasteiger partial charge is 0.255 e. The van der Waals surface area contributed by atoms with Gasteiger partial charge in [-0.15, -0.1) is 5.56 Å². The molecule has 0 unspecified atom stereocenters. The summed E-state index contributed by atoms with van der Waals surface area (Å²) in [7, 11) is -6.51. The van der Waals surface area contributed by atoms with Gasteiger partial charge in [0.25, 0.3) is 0 Å². The number of aryl methyl sites for hydroxylation is 2. The average molecular weight is 647 g/mol. The van der Waals surface area contributed by atoms with Gasteiger partial charge in [-0.2, -0.15) is 39.8 Å². The van der Waals surface area contributed by atoms with Crippen molar-refractivity contribution >= 4 is 7.81 Å². The molecule has 0 amide bonds. The fourth-order valence-corrected chi connectivity index (χ4v) is 2.19. The molecule has 0 N–H and O–H groups in total. The topological polar surface area (TPSA) is 76.6 Å². The minimum Gasteiger partial charge on any atom is -0.255 e. The molecule has 38 heavy (non-hydrogen) atoms. The maximum atomic E-state index is 9.87. The van der Waals surface area contributed by atoms with Crippen LogP contribution in [0, 0.1) is 42.6 Å². The molecule has 1 aromatic carbocycles. The molecule has 0 fully saturated rings. The van der Waals surface area contributed by atoms with E-state index in [0.29, 0.717) is 0 Å². The number of aromatic nitrogens is 2. The van der Waals surface area contributed by atoms with Crippen LogP contribution < -0.4 is 0 Å². The van der Waals surface area contributed by atoms with Gasteiger partial charge in [-0.1, -0.05) is 26.0 Å². The van der Waals surface area contributed by atoms with Crippen LogP contribution >= 0.6 is 7.81 Å². The zero-order chi connectivity index (χ0) is 29.2. The Labute approximate surface area is 233 Å². The maximum absolute atomic E-state index is 10.7. The first-order chi connectivity index (χ1) is 16.8. The Kier molecular flexibility index (Phi) is 18.3. The Bertz CT molecular complexity index is 1070. The van der Waals surface area contributed by atoms with Gasteiger partial charge in [-0.25, -0.2) is 0 Å². The van der Waals surface area contributed by atoms with E-state index in [1.807, 2.05) is 36.4 Å². The second kappa shape index (κ2) is 17.6. The van der Waals surface area contributed by atoms with Crippen molar-refractivity contribution in [1.29, 1.82) is 10.5 Å². The summed E-state index contributed by atoms with van der Waals surface area (Å²) in [4.78, 5) is 10.5.